The van der Waals surface area contributed by atoms with Crippen molar-refractivity contribution >= 4 is 16.6 Å². The average Bonchev–Trinajstić information content (AvgIpc) is 3.35. The van der Waals surface area contributed by atoms with E-state index in [1.807, 2.05) is 84.5 Å². The maximum Gasteiger partial charge on any atom is 0.226 e. The topological polar surface area (TPSA) is 72.6 Å². The Morgan fingerprint density at radius 2 is 1.50 bits per heavy atom. The van der Waals surface area contributed by atoms with Crippen molar-refractivity contribution in [2.24, 2.45) is 13.0 Å². The van der Waals surface area contributed by atoms with Crippen molar-refractivity contribution in [3.8, 4) is 23.0 Å². The molecule has 3 aromatic carbocycles. The Balaban J connectivity index is 1.31. The lowest BCUT2D eigenvalue weighted by Gasteiger charge is -2.32. The number of aromatic nitrogens is 3. The first kappa shape index (κ1) is 25.9. The van der Waals surface area contributed by atoms with Gasteiger partial charge in [-0.05, 0) is 54.2 Å². The summed E-state index contributed by atoms with van der Waals surface area (Å²) in [5.74, 6) is 1.40. The average molecular weight is 535 g/mol. The molecule has 0 saturated carbocycles. The van der Waals surface area contributed by atoms with Gasteiger partial charge in [0.1, 0.15) is 18.9 Å². The number of benzene rings is 3. The number of ether oxygens (including phenoxy) is 2. The lowest BCUT2D eigenvalue weighted by atomic mass is 9.97. The molecule has 0 amide bonds. The summed E-state index contributed by atoms with van der Waals surface area (Å²) in [6.07, 6.45) is 2.02. The summed E-state index contributed by atoms with van der Waals surface area (Å²) in [4.78, 5) is 7.18. The van der Waals surface area contributed by atoms with Crippen LogP contribution in [0.5, 0.6) is 11.8 Å². The van der Waals surface area contributed by atoms with Crippen molar-refractivity contribution in [1.29, 1.82) is 0 Å². The van der Waals surface area contributed by atoms with E-state index in [2.05, 4.69) is 23.1 Å². The summed E-state index contributed by atoms with van der Waals surface area (Å²) in [7, 11) is 1.98. The van der Waals surface area contributed by atoms with E-state index in [9.17, 15) is 5.11 Å². The van der Waals surface area contributed by atoms with Crippen LogP contribution in [0.1, 0.15) is 24.0 Å². The van der Waals surface area contributed by atoms with Crippen LogP contribution in [0.4, 0.5) is 5.69 Å². The second-order valence-electron chi connectivity index (χ2n) is 10.3. The van der Waals surface area contributed by atoms with Crippen molar-refractivity contribution < 1.29 is 14.6 Å². The zero-order valence-electron chi connectivity index (χ0n) is 22.7. The first-order valence-corrected chi connectivity index (χ1v) is 13.9. The van der Waals surface area contributed by atoms with Gasteiger partial charge in [-0.15, -0.1) is 0 Å². The Bertz CT molecular complexity index is 1560. The molecule has 7 nitrogen and oxygen atoms in total. The summed E-state index contributed by atoms with van der Waals surface area (Å²) >= 11 is 0. The number of pyridine rings is 1. The van der Waals surface area contributed by atoms with Gasteiger partial charge in [-0.3, -0.25) is 4.68 Å². The van der Waals surface area contributed by atoms with Crippen molar-refractivity contribution in [3.63, 3.8) is 0 Å². The van der Waals surface area contributed by atoms with Gasteiger partial charge in [0.15, 0.2) is 0 Å². The third-order valence-electron chi connectivity index (χ3n) is 7.61. The van der Waals surface area contributed by atoms with E-state index in [4.69, 9.17) is 19.6 Å². The second-order valence-corrected chi connectivity index (χ2v) is 10.3. The van der Waals surface area contributed by atoms with Crippen LogP contribution < -0.4 is 14.4 Å². The minimum atomic E-state index is 0.275. The molecule has 0 unspecified atom stereocenters. The molecular weight excluding hydrogens is 500 g/mol. The van der Waals surface area contributed by atoms with Gasteiger partial charge in [-0.25, -0.2) is 0 Å². The Morgan fingerprint density at radius 3 is 2.17 bits per heavy atom. The number of fused-ring (bicyclic) bond motifs is 1. The number of aryl methyl sites for hydroxylation is 1. The molecule has 0 bridgehead atoms. The summed E-state index contributed by atoms with van der Waals surface area (Å²) in [6.45, 7) is 3.00. The first-order chi connectivity index (χ1) is 19.7. The summed E-state index contributed by atoms with van der Waals surface area (Å²) < 4.78 is 14.3. The van der Waals surface area contributed by atoms with Crippen LogP contribution in [-0.2, 0) is 20.3 Å². The highest BCUT2D eigenvalue weighted by molar-refractivity contribution is 5.96. The van der Waals surface area contributed by atoms with Gasteiger partial charge < -0.3 is 19.5 Å². The molecule has 2 aromatic heterocycles. The minimum Gasteiger partial charge on any atom is -0.473 e. The fourth-order valence-corrected chi connectivity index (χ4v) is 5.27. The molecule has 204 valence electrons. The molecule has 1 saturated heterocycles. The van der Waals surface area contributed by atoms with E-state index in [0.717, 1.165) is 59.2 Å². The maximum absolute atomic E-state index is 9.51. The lowest BCUT2D eigenvalue weighted by Crippen LogP contribution is -2.34. The Labute approximate surface area is 234 Å². The van der Waals surface area contributed by atoms with Gasteiger partial charge in [0.25, 0.3) is 0 Å². The molecular formula is C33H34N4O3. The molecule has 1 aliphatic rings. The highest BCUT2D eigenvalue weighted by Crippen LogP contribution is 2.37. The molecule has 5 aromatic rings. The highest BCUT2D eigenvalue weighted by atomic mass is 16.5. The van der Waals surface area contributed by atoms with Gasteiger partial charge in [0.05, 0.1) is 11.1 Å². The standard InChI is InChI=1S/C33H34N4O3/c1-36-30-20-27(37-18-16-24(21-38)17-19-37)12-13-28(30)32(35-36)29-14-15-31(39-22-25-8-4-2-5-9-25)34-33(29)40-23-26-10-6-3-7-11-26/h2-15,20,24,38H,16-19,21-23H2,1H3. The van der Waals surface area contributed by atoms with Crippen LogP contribution in [-0.4, -0.2) is 39.6 Å². The summed E-state index contributed by atoms with van der Waals surface area (Å²) in [5, 5.41) is 15.5. The number of aliphatic hydroxyl groups is 1. The van der Waals surface area contributed by atoms with Crippen LogP contribution in [0.2, 0.25) is 0 Å². The lowest BCUT2D eigenvalue weighted by molar-refractivity contribution is 0.203. The number of aliphatic hydroxyl groups excluding tert-OH is 1. The molecule has 7 heteroatoms. The van der Waals surface area contributed by atoms with Gasteiger partial charge >= 0.3 is 0 Å². The third kappa shape index (κ3) is 5.65. The minimum absolute atomic E-state index is 0.275. The smallest absolute Gasteiger partial charge is 0.226 e. The van der Waals surface area contributed by atoms with Crippen LogP contribution in [0.3, 0.4) is 0 Å². The zero-order valence-corrected chi connectivity index (χ0v) is 22.7. The predicted octanol–water partition coefficient (Wildman–Crippen LogP) is 6.00. The monoisotopic (exact) mass is 534 g/mol. The number of hydrogen-bond acceptors (Lipinski definition) is 6. The van der Waals surface area contributed by atoms with Gasteiger partial charge in [-0.1, -0.05) is 60.7 Å². The molecule has 3 heterocycles. The zero-order chi connectivity index (χ0) is 27.3. The van der Waals surface area contributed by atoms with Crippen molar-refractivity contribution in [2.75, 3.05) is 24.6 Å². The Morgan fingerprint density at radius 1 is 0.825 bits per heavy atom. The first-order valence-electron chi connectivity index (χ1n) is 13.9. The number of nitrogens with zero attached hydrogens (tertiary/aromatic N) is 4. The second kappa shape index (κ2) is 11.8. The van der Waals surface area contributed by atoms with E-state index in [0.29, 0.717) is 30.9 Å². The highest BCUT2D eigenvalue weighted by Gasteiger charge is 2.21. The van der Waals surface area contributed by atoms with Crippen LogP contribution in [0, 0.1) is 5.92 Å². The van der Waals surface area contributed by atoms with E-state index in [1.165, 1.54) is 5.69 Å². The van der Waals surface area contributed by atoms with E-state index in [1.54, 1.807) is 0 Å². The van der Waals surface area contributed by atoms with Gasteiger partial charge in [0.2, 0.25) is 11.8 Å². The van der Waals surface area contributed by atoms with Crippen LogP contribution in [0.25, 0.3) is 22.2 Å². The van der Waals surface area contributed by atoms with Crippen molar-refractivity contribution in [1.82, 2.24) is 14.8 Å². The normalized spacial score (nSPS) is 14.0. The van der Waals surface area contributed by atoms with E-state index in [-0.39, 0.29) is 6.61 Å². The number of rotatable bonds is 9. The molecule has 1 fully saturated rings. The molecule has 1 N–H and O–H groups in total. The molecule has 0 atom stereocenters. The SMILES string of the molecule is Cn1nc(-c2ccc(OCc3ccccc3)nc2OCc2ccccc2)c2ccc(N3CCC(CO)CC3)cc21. The Kier molecular flexibility index (Phi) is 7.64. The third-order valence-corrected chi connectivity index (χ3v) is 7.61. The number of anilines is 1. The van der Waals surface area contributed by atoms with E-state index < -0.39 is 0 Å². The molecule has 0 radical (unpaired) electrons. The molecule has 0 spiro atoms. The van der Waals surface area contributed by atoms with Crippen molar-refractivity contribution in [2.45, 2.75) is 26.1 Å². The predicted molar refractivity (Wildman–Crippen MR) is 158 cm³/mol. The largest absolute Gasteiger partial charge is 0.473 e. The van der Waals surface area contributed by atoms with Crippen molar-refractivity contribution in [3.05, 3.63) is 102 Å². The fraction of sp³-hybridized carbons (Fsp3) is 0.273. The quantitative estimate of drug-likeness (QED) is 0.250. The fourth-order valence-electron chi connectivity index (χ4n) is 5.27. The maximum atomic E-state index is 9.51. The molecule has 1 aliphatic heterocycles. The molecule has 0 aliphatic carbocycles. The van der Waals surface area contributed by atoms with Gasteiger partial charge in [0, 0.05) is 43.9 Å². The summed E-state index contributed by atoms with van der Waals surface area (Å²) in [5.41, 5.74) is 6.02. The van der Waals surface area contributed by atoms with Crippen LogP contribution in [0.15, 0.2) is 91.0 Å². The van der Waals surface area contributed by atoms with E-state index >= 15 is 0 Å². The molecule has 40 heavy (non-hydrogen) atoms. The Hall–Kier alpha value is -4.36. The number of hydrogen-bond donors (Lipinski definition) is 1. The number of piperidine rings is 1. The van der Waals surface area contributed by atoms with Gasteiger partial charge in [-0.2, -0.15) is 10.1 Å². The summed E-state index contributed by atoms with van der Waals surface area (Å²) in [6, 6.07) is 30.5. The molecule has 6 rings (SSSR count). The van der Waals surface area contributed by atoms with Crippen LogP contribution >= 0.6 is 0 Å².